The van der Waals surface area contributed by atoms with Gasteiger partial charge in [0.25, 0.3) is 0 Å². The number of halogens is 1. The number of carbonyl (C=O) groups is 2. The van der Waals surface area contributed by atoms with Gasteiger partial charge >= 0.3 is 11.9 Å². The highest BCUT2D eigenvalue weighted by atomic mass is 35.5. The molecule has 0 spiro atoms. The molecule has 0 bridgehead atoms. The molecular weight excluding hydrogens is 374 g/mol. The minimum absolute atomic E-state index is 0.352. The molecule has 1 aliphatic heterocycles. The number of ether oxygens (including phenoxy) is 2. The third-order valence-electron chi connectivity index (χ3n) is 4.23. The Morgan fingerprint density at radius 2 is 2.15 bits per heavy atom. The number of carbonyl (C=O) groups excluding carboxylic acids is 2. The second-order valence-electron chi connectivity index (χ2n) is 5.81. The average Bonchev–Trinajstić information content (AvgIpc) is 3.04. The van der Waals surface area contributed by atoms with Crippen molar-refractivity contribution in [2.24, 2.45) is 0 Å². The number of fused-ring (bicyclic) bond motifs is 1. The lowest BCUT2D eigenvalue weighted by molar-refractivity contribution is -0.147. The number of benzene rings is 1. The fourth-order valence-corrected chi connectivity index (χ4v) is 4.28. The van der Waals surface area contributed by atoms with Crippen LogP contribution in [-0.4, -0.2) is 30.5 Å². The largest absolute Gasteiger partial charge is 0.468 e. The van der Waals surface area contributed by atoms with Crippen molar-refractivity contribution < 1.29 is 19.1 Å². The van der Waals surface area contributed by atoms with E-state index in [1.54, 1.807) is 6.07 Å². The summed E-state index contributed by atoms with van der Waals surface area (Å²) in [4.78, 5) is 27.0. The number of thiophene rings is 1. The molecule has 0 radical (unpaired) electrons. The van der Waals surface area contributed by atoms with Gasteiger partial charge in [0, 0.05) is 29.1 Å². The van der Waals surface area contributed by atoms with E-state index in [0.29, 0.717) is 23.2 Å². The van der Waals surface area contributed by atoms with Crippen molar-refractivity contribution >= 4 is 34.9 Å². The molecule has 0 saturated heterocycles. The molecule has 0 amide bonds. The van der Waals surface area contributed by atoms with Crippen LogP contribution in [0.2, 0.25) is 5.02 Å². The Labute approximate surface area is 160 Å². The summed E-state index contributed by atoms with van der Waals surface area (Å²) in [6, 6.07) is 8.54. The van der Waals surface area contributed by atoms with Crippen LogP contribution >= 0.6 is 22.9 Å². The molecule has 2 aromatic rings. The van der Waals surface area contributed by atoms with Gasteiger partial charge in [-0.1, -0.05) is 36.4 Å². The summed E-state index contributed by atoms with van der Waals surface area (Å²) in [5.74, 6) is -0.834. The predicted octanol–water partition coefficient (Wildman–Crippen LogP) is 3.77. The third kappa shape index (κ3) is 3.82. The highest BCUT2D eigenvalue weighted by molar-refractivity contribution is 7.14. The second-order valence-corrected chi connectivity index (χ2v) is 7.31. The summed E-state index contributed by atoms with van der Waals surface area (Å²) < 4.78 is 10.2. The Morgan fingerprint density at radius 1 is 1.38 bits per heavy atom. The van der Waals surface area contributed by atoms with Gasteiger partial charge in [-0.25, -0.2) is 9.59 Å². The summed E-state index contributed by atoms with van der Waals surface area (Å²) in [6.45, 7) is 4.62. The Kier molecular flexibility index (Phi) is 5.76. The van der Waals surface area contributed by atoms with Crippen LogP contribution in [0.5, 0.6) is 5.06 Å². The predicted molar refractivity (Wildman–Crippen MR) is 100 cm³/mol. The zero-order valence-electron chi connectivity index (χ0n) is 14.2. The van der Waals surface area contributed by atoms with Crippen molar-refractivity contribution in [1.82, 2.24) is 4.90 Å². The molecule has 136 valence electrons. The number of nitrogens with zero attached hydrogens (tertiary/aromatic N) is 1. The van der Waals surface area contributed by atoms with E-state index in [2.05, 4.69) is 6.58 Å². The number of esters is 2. The Bertz CT molecular complexity index is 848. The standard InChI is InChI=1S/C19H18ClNO4S/c1-3-16(22)25-17-10-12-11-21(9-8-15(12)26-17)18(19(23)24-2)13-6-4-5-7-14(13)20/h3-7,10,18H,1,8-9,11H2,2H3/t18-/m0/s1. The van der Waals surface area contributed by atoms with Crippen LogP contribution in [0.4, 0.5) is 0 Å². The van der Waals surface area contributed by atoms with Crippen molar-refractivity contribution in [2.45, 2.75) is 19.0 Å². The molecular formula is C19H18ClNO4S. The zero-order chi connectivity index (χ0) is 18.7. The van der Waals surface area contributed by atoms with E-state index in [9.17, 15) is 9.59 Å². The first-order chi connectivity index (χ1) is 12.5. The van der Waals surface area contributed by atoms with Crippen LogP contribution in [0.15, 0.2) is 43.0 Å². The van der Waals surface area contributed by atoms with Gasteiger partial charge in [-0.3, -0.25) is 4.90 Å². The zero-order valence-corrected chi connectivity index (χ0v) is 15.8. The van der Waals surface area contributed by atoms with E-state index in [0.717, 1.165) is 28.5 Å². The summed E-state index contributed by atoms with van der Waals surface area (Å²) >= 11 is 7.76. The lowest BCUT2D eigenvalue weighted by atomic mass is 10.0. The van der Waals surface area contributed by atoms with Crippen LogP contribution in [0.3, 0.4) is 0 Å². The number of rotatable bonds is 5. The van der Waals surface area contributed by atoms with Crippen LogP contribution in [0.25, 0.3) is 0 Å². The second kappa shape index (κ2) is 8.03. The van der Waals surface area contributed by atoms with Crippen LogP contribution in [0, 0.1) is 0 Å². The van der Waals surface area contributed by atoms with Gasteiger partial charge in [0.15, 0.2) is 5.06 Å². The van der Waals surface area contributed by atoms with Crippen LogP contribution in [0.1, 0.15) is 22.0 Å². The molecule has 1 atom stereocenters. The molecule has 26 heavy (non-hydrogen) atoms. The first-order valence-electron chi connectivity index (χ1n) is 8.05. The van der Waals surface area contributed by atoms with Gasteiger partial charge in [0.2, 0.25) is 0 Å². The summed E-state index contributed by atoms with van der Waals surface area (Å²) in [5, 5.41) is 1.06. The highest BCUT2D eigenvalue weighted by Gasteiger charge is 2.33. The molecule has 0 N–H and O–H groups in total. The number of hydrogen-bond donors (Lipinski definition) is 0. The molecule has 0 saturated carbocycles. The Morgan fingerprint density at radius 3 is 2.85 bits per heavy atom. The summed E-state index contributed by atoms with van der Waals surface area (Å²) in [7, 11) is 1.37. The molecule has 1 aliphatic rings. The van der Waals surface area contributed by atoms with Crippen molar-refractivity contribution in [3.05, 3.63) is 64.0 Å². The molecule has 1 aromatic heterocycles. The highest BCUT2D eigenvalue weighted by Crippen LogP contribution is 2.37. The molecule has 5 nitrogen and oxygen atoms in total. The topological polar surface area (TPSA) is 55.8 Å². The monoisotopic (exact) mass is 391 g/mol. The van der Waals surface area contributed by atoms with E-state index in [-0.39, 0.29) is 5.97 Å². The molecule has 3 rings (SSSR count). The Hall–Kier alpha value is -2.15. The minimum Gasteiger partial charge on any atom is -0.468 e. The van der Waals surface area contributed by atoms with Crippen molar-refractivity contribution in [1.29, 1.82) is 0 Å². The van der Waals surface area contributed by atoms with Gasteiger partial charge in [-0.15, -0.1) is 11.3 Å². The molecule has 0 fully saturated rings. The fourth-order valence-electron chi connectivity index (χ4n) is 3.02. The lowest BCUT2D eigenvalue weighted by Crippen LogP contribution is -2.38. The van der Waals surface area contributed by atoms with Gasteiger partial charge in [0.1, 0.15) is 6.04 Å². The normalized spacial score (nSPS) is 15.0. The van der Waals surface area contributed by atoms with Gasteiger partial charge in [0.05, 0.1) is 7.11 Å². The quantitative estimate of drug-likeness (QED) is 0.573. The molecule has 2 heterocycles. The maximum atomic E-state index is 12.5. The molecule has 7 heteroatoms. The van der Waals surface area contributed by atoms with Gasteiger partial charge in [-0.05, 0) is 29.7 Å². The smallest absolute Gasteiger partial charge is 0.336 e. The van der Waals surface area contributed by atoms with E-state index in [1.165, 1.54) is 18.4 Å². The summed E-state index contributed by atoms with van der Waals surface area (Å²) in [5.41, 5.74) is 1.76. The maximum absolute atomic E-state index is 12.5. The van der Waals surface area contributed by atoms with Crippen molar-refractivity contribution in [2.75, 3.05) is 13.7 Å². The van der Waals surface area contributed by atoms with E-state index in [4.69, 9.17) is 21.1 Å². The fraction of sp³-hybridized carbons (Fsp3) is 0.263. The first kappa shape index (κ1) is 18.6. The van der Waals surface area contributed by atoms with Crippen molar-refractivity contribution in [3.63, 3.8) is 0 Å². The van der Waals surface area contributed by atoms with E-state index < -0.39 is 12.0 Å². The van der Waals surface area contributed by atoms with Gasteiger partial charge < -0.3 is 9.47 Å². The SMILES string of the molecule is C=CC(=O)Oc1cc2c(s1)CCN([C@H](C(=O)OC)c1ccccc1Cl)C2. The third-order valence-corrected chi connectivity index (χ3v) is 5.69. The lowest BCUT2D eigenvalue weighted by Gasteiger charge is -2.33. The number of methoxy groups -OCH3 is 1. The minimum atomic E-state index is -0.582. The molecule has 0 unspecified atom stereocenters. The van der Waals surface area contributed by atoms with E-state index >= 15 is 0 Å². The molecule has 0 aliphatic carbocycles. The maximum Gasteiger partial charge on any atom is 0.336 e. The molecule has 1 aromatic carbocycles. The first-order valence-corrected chi connectivity index (χ1v) is 9.25. The number of hydrogen-bond acceptors (Lipinski definition) is 6. The van der Waals surface area contributed by atoms with Gasteiger partial charge in [-0.2, -0.15) is 0 Å². The average molecular weight is 392 g/mol. The van der Waals surface area contributed by atoms with Crippen molar-refractivity contribution in [3.8, 4) is 5.06 Å². The summed E-state index contributed by atoms with van der Waals surface area (Å²) in [6.07, 6.45) is 1.89. The van der Waals surface area contributed by atoms with E-state index in [1.807, 2.05) is 29.2 Å². The van der Waals surface area contributed by atoms with Crippen LogP contribution in [-0.2, 0) is 27.3 Å². The van der Waals surface area contributed by atoms with Crippen LogP contribution < -0.4 is 4.74 Å². The Balaban J connectivity index is 1.87.